The lowest BCUT2D eigenvalue weighted by atomic mass is 9.88. The molecule has 43 heavy (non-hydrogen) atoms. The lowest BCUT2D eigenvalue weighted by Crippen LogP contribution is -2.55. The van der Waals surface area contributed by atoms with E-state index in [0.29, 0.717) is 38.3 Å². The number of ether oxygens (including phenoxy) is 2. The number of hydrogen-bond donors (Lipinski definition) is 0. The Hall–Kier alpha value is -3.68. The second-order valence-corrected chi connectivity index (χ2v) is 12.1. The van der Waals surface area contributed by atoms with Gasteiger partial charge in [0.25, 0.3) is 0 Å². The van der Waals surface area contributed by atoms with Crippen molar-refractivity contribution in [2.45, 2.75) is 63.6 Å². The first-order chi connectivity index (χ1) is 21.1. The molecule has 228 valence electrons. The minimum absolute atomic E-state index is 0.125. The number of nitrogens with zero attached hydrogens (tertiary/aromatic N) is 7. The number of amides is 1. The summed E-state index contributed by atoms with van der Waals surface area (Å²) in [6, 6.07) is 9.34. The van der Waals surface area contributed by atoms with E-state index in [-0.39, 0.29) is 18.4 Å². The summed E-state index contributed by atoms with van der Waals surface area (Å²) in [7, 11) is 1.72. The van der Waals surface area contributed by atoms with Crippen molar-refractivity contribution < 1.29 is 14.3 Å². The number of rotatable bonds is 9. The van der Waals surface area contributed by atoms with E-state index in [1.54, 1.807) is 12.0 Å². The van der Waals surface area contributed by atoms with E-state index in [0.717, 1.165) is 75.7 Å². The third-order valence-electron chi connectivity index (χ3n) is 9.58. The summed E-state index contributed by atoms with van der Waals surface area (Å²) in [6.07, 6.45) is 7.92. The van der Waals surface area contributed by atoms with E-state index < -0.39 is 0 Å². The SMILES string of the molecule is C=CC(=O)N1CCN(c2nc(OCCN3CCCC3)nc3c2CCC(N2CCc4cc(OC)ccc4C2)C3)CC1CC#N. The van der Waals surface area contributed by atoms with Gasteiger partial charge in [0, 0.05) is 57.3 Å². The summed E-state index contributed by atoms with van der Waals surface area (Å²) in [5.74, 6) is 1.70. The second kappa shape index (κ2) is 13.3. The highest BCUT2D eigenvalue weighted by Gasteiger charge is 2.35. The van der Waals surface area contributed by atoms with Gasteiger partial charge in [-0.05, 0) is 74.5 Å². The van der Waals surface area contributed by atoms with Gasteiger partial charge in [0.1, 0.15) is 18.2 Å². The van der Waals surface area contributed by atoms with Gasteiger partial charge in [-0.1, -0.05) is 12.6 Å². The monoisotopic (exact) mass is 585 g/mol. The van der Waals surface area contributed by atoms with Crippen molar-refractivity contribution in [1.29, 1.82) is 5.26 Å². The number of piperazine rings is 1. The van der Waals surface area contributed by atoms with Crippen LogP contribution < -0.4 is 14.4 Å². The molecular formula is C33H43N7O3. The summed E-state index contributed by atoms with van der Waals surface area (Å²) in [4.78, 5) is 31.6. The maximum absolute atomic E-state index is 12.5. The van der Waals surface area contributed by atoms with Gasteiger partial charge in [-0.15, -0.1) is 0 Å². The van der Waals surface area contributed by atoms with Crippen LogP contribution in [-0.4, -0.2) is 102 Å². The van der Waals surface area contributed by atoms with Crippen LogP contribution in [0.2, 0.25) is 0 Å². The number of methoxy groups -OCH3 is 1. The summed E-state index contributed by atoms with van der Waals surface area (Å²) in [5, 5.41) is 9.52. The number of anilines is 1. The normalized spacial score (nSPS) is 22.4. The molecule has 0 saturated carbocycles. The predicted molar refractivity (Wildman–Crippen MR) is 164 cm³/mol. The minimum atomic E-state index is -0.210. The smallest absolute Gasteiger partial charge is 0.318 e. The Morgan fingerprint density at radius 2 is 2.00 bits per heavy atom. The predicted octanol–water partition coefficient (Wildman–Crippen LogP) is 2.99. The number of aromatic nitrogens is 2. The Morgan fingerprint density at radius 1 is 1.14 bits per heavy atom. The maximum atomic E-state index is 12.5. The molecule has 2 saturated heterocycles. The molecule has 4 aliphatic rings. The number of benzene rings is 1. The number of carbonyl (C=O) groups is 1. The number of fused-ring (bicyclic) bond motifs is 2. The van der Waals surface area contributed by atoms with Gasteiger partial charge in [-0.3, -0.25) is 14.6 Å². The average molecular weight is 586 g/mol. The van der Waals surface area contributed by atoms with E-state index in [1.165, 1.54) is 35.6 Å². The quantitative estimate of drug-likeness (QED) is 0.412. The Balaban J connectivity index is 1.23. The molecule has 0 radical (unpaired) electrons. The van der Waals surface area contributed by atoms with E-state index in [1.807, 2.05) is 0 Å². The van der Waals surface area contributed by atoms with Crippen molar-refractivity contribution in [1.82, 2.24) is 24.7 Å². The Kier molecular flexibility index (Phi) is 9.10. The van der Waals surface area contributed by atoms with Crippen LogP contribution in [0.15, 0.2) is 30.9 Å². The molecule has 0 spiro atoms. The average Bonchev–Trinajstić information content (AvgIpc) is 3.57. The molecule has 1 aromatic heterocycles. The van der Waals surface area contributed by atoms with Crippen LogP contribution in [0.4, 0.5) is 5.82 Å². The lowest BCUT2D eigenvalue weighted by molar-refractivity contribution is -0.128. The zero-order valence-electron chi connectivity index (χ0n) is 25.3. The second-order valence-electron chi connectivity index (χ2n) is 12.1. The Bertz CT molecular complexity index is 1370. The van der Waals surface area contributed by atoms with Crippen molar-refractivity contribution in [3.05, 3.63) is 53.2 Å². The van der Waals surface area contributed by atoms with Gasteiger partial charge in [0.2, 0.25) is 5.91 Å². The molecule has 2 unspecified atom stereocenters. The number of hydrogen-bond acceptors (Lipinski definition) is 9. The molecular weight excluding hydrogens is 542 g/mol. The lowest BCUT2D eigenvalue weighted by Gasteiger charge is -2.42. The van der Waals surface area contributed by atoms with Crippen molar-refractivity contribution >= 4 is 11.7 Å². The molecule has 1 amide bonds. The molecule has 2 fully saturated rings. The third-order valence-corrected chi connectivity index (χ3v) is 9.58. The fourth-order valence-corrected chi connectivity index (χ4v) is 7.19. The first-order valence-electron chi connectivity index (χ1n) is 15.8. The molecule has 1 aromatic carbocycles. The van der Waals surface area contributed by atoms with E-state index in [9.17, 15) is 10.1 Å². The van der Waals surface area contributed by atoms with Gasteiger partial charge in [0.15, 0.2) is 0 Å². The molecule has 6 rings (SSSR count). The summed E-state index contributed by atoms with van der Waals surface area (Å²) >= 11 is 0. The van der Waals surface area contributed by atoms with Gasteiger partial charge in [0.05, 0.1) is 31.3 Å². The van der Waals surface area contributed by atoms with E-state index in [2.05, 4.69) is 45.5 Å². The molecule has 4 heterocycles. The van der Waals surface area contributed by atoms with Crippen LogP contribution in [0, 0.1) is 11.3 Å². The van der Waals surface area contributed by atoms with Crippen LogP contribution in [-0.2, 0) is 30.6 Å². The topological polar surface area (TPSA) is 98.1 Å². The third kappa shape index (κ3) is 6.48. The fraction of sp³-hybridized carbons (Fsp3) is 0.576. The molecule has 0 N–H and O–H groups in total. The van der Waals surface area contributed by atoms with Crippen LogP contribution >= 0.6 is 0 Å². The van der Waals surface area contributed by atoms with Crippen molar-refractivity contribution in [3.63, 3.8) is 0 Å². The maximum Gasteiger partial charge on any atom is 0.318 e. The molecule has 1 aliphatic carbocycles. The van der Waals surface area contributed by atoms with Gasteiger partial charge >= 0.3 is 6.01 Å². The van der Waals surface area contributed by atoms with E-state index >= 15 is 0 Å². The number of nitriles is 1. The molecule has 0 bridgehead atoms. The number of likely N-dealkylation sites (tertiary alicyclic amines) is 1. The zero-order valence-corrected chi connectivity index (χ0v) is 25.3. The van der Waals surface area contributed by atoms with Crippen LogP contribution in [0.5, 0.6) is 11.8 Å². The largest absolute Gasteiger partial charge is 0.497 e. The Morgan fingerprint density at radius 3 is 2.79 bits per heavy atom. The molecule has 2 aromatic rings. The van der Waals surface area contributed by atoms with Gasteiger partial charge in [-0.2, -0.15) is 15.2 Å². The highest BCUT2D eigenvalue weighted by molar-refractivity contribution is 5.87. The van der Waals surface area contributed by atoms with Crippen LogP contribution in [0.1, 0.15) is 48.1 Å². The van der Waals surface area contributed by atoms with Crippen LogP contribution in [0.25, 0.3) is 0 Å². The highest BCUT2D eigenvalue weighted by atomic mass is 16.5. The fourth-order valence-electron chi connectivity index (χ4n) is 7.19. The molecule has 2 atom stereocenters. The van der Waals surface area contributed by atoms with Gasteiger partial charge < -0.3 is 19.3 Å². The highest BCUT2D eigenvalue weighted by Crippen LogP contribution is 2.35. The first kappa shape index (κ1) is 29.4. The standard InChI is InChI=1S/C33H43N7O3/c1-3-31(41)40-17-16-39(23-27(40)10-12-34)32-29-9-7-26(38-15-11-24-20-28(42-2)8-6-25(24)22-38)21-30(29)35-33(36-32)43-19-18-37-13-4-5-14-37/h3,6,8,20,26-27H,1,4-5,7,9-11,13-19,21-23H2,2H3. The van der Waals surface area contributed by atoms with Crippen molar-refractivity contribution in [2.75, 3.05) is 64.4 Å². The molecule has 10 heteroatoms. The summed E-state index contributed by atoms with van der Waals surface area (Å²) < 4.78 is 11.7. The van der Waals surface area contributed by atoms with Crippen molar-refractivity contribution in [2.24, 2.45) is 0 Å². The van der Waals surface area contributed by atoms with Crippen molar-refractivity contribution in [3.8, 4) is 17.8 Å². The van der Waals surface area contributed by atoms with Gasteiger partial charge in [-0.25, -0.2) is 0 Å². The summed E-state index contributed by atoms with van der Waals surface area (Å²) in [5.41, 5.74) is 5.01. The Labute approximate surface area is 254 Å². The van der Waals surface area contributed by atoms with Crippen LogP contribution in [0.3, 0.4) is 0 Å². The molecule has 10 nitrogen and oxygen atoms in total. The minimum Gasteiger partial charge on any atom is -0.497 e. The first-order valence-corrected chi connectivity index (χ1v) is 15.8. The number of carbonyl (C=O) groups excluding carboxylic acids is 1. The zero-order chi connectivity index (χ0) is 29.8. The molecule has 3 aliphatic heterocycles. The summed E-state index contributed by atoms with van der Waals surface area (Å²) in [6.45, 7) is 11.0. The van der Waals surface area contributed by atoms with E-state index in [4.69, 9.17) is 19.4 Å².